The summed E-state index contributed by atoms with van der Waals surface area (Å²) in [5, 5.41) is 0. The lowest BCUT2D eigenvalue weighted by Gasteiger charge is -2.24. The van der Waals surface area contributed by atoms with E-state index in [1.807, 2.05) is 39.0 Å². The molecule has 2 heterocycles. The van der Waals surface area contributed by atoms with Crippen LogP contribution in [0.15, 0.2) is 27.8 Å². The maximum absolute atomic E-state index is 13.2. The molecule has 0 bridgehead atoms. The fourth-order valence-electron chi connectivity index (χ4n) is 3.96. The fraction of sp³-hybridized carbons (Fsp3) is 0.455. The summed E-state index contributed by atoms with van der Waals surface area (Å²) in [6.07, 6.45) is 1.59. The van der Waals surface area contributed by atoms with Gasteiger partial charge in [0.25, 0.3) is 5.56 Å². The van der Waals surface area contributed by atoms with Crippen LogP contribution in [0.2, 0.25) is 0 Å². The number of unbranched alkanes of at least 4 members (excludes halogenated alkanes) is 1. The average Bonchev–Trinajstić information content (AvgIpc) is 3.10. The molecule has 1 saturated heterocycles. The number of aromatic nitrogens is 2. The Kier molecular flexibility index (Phi) is 6.33. The highest BCUT2D eigenvalue weighted by Crippen LogP contribution is 2.31. The summed E-state index contributed by atoms with van der Waals surface area (Å²) in [5.74, 6) is -1.20. The minimum atomic E-state index is -0.721. The highest BCUT2D eigenvalue weighted by molar-refractivity contribution is 6.05. The molecule has 3 N–H and O–H groups in total. The molecule has 3 rings (SSSR count). The molecule has 1 fully saturated rings. The molecule has 2 amide bonds. The van der Waals surface area contributed by atoms with Crippen LogP contribution in [0.5, 0.6) is 0 Å². The number of carbonyl (C=O) groups excluding carboxylic acids is 2. The van der Waals surface area contributed by atoms with E-state index in [1.54, 1.807) is 4.90 Å². The molecule has 166 valence electrons. The number of nitrogen functional groups attached to an aromatic ring is 1. The summed E-state index contributed by atoms with van der Waals surface area (Å²) in [4.78, 5) is 55.5. The van der Waals surface area contributed by atoms with Gasteiger partial charge in [0.2, 0.25) is 11.8 Å². The third-order valence-corrected chi connectivity index (χ3v) is 5.96. The molecule has 31 heavy (non-hydrogen) atoms. The lowest BCUT2D eigenvalue weighted by atomic mass is 10.1. The van der Waals surface area contributed by atoms with Gasteiger partial charge in [0.05, 0.1) is 5.92 Å². The van der Waals surface area contributed by atoms with Gasteiger partial charge >= 0.3 is 5.69 Å². The quantitative estimate of drug-likeness (QED) is 0.724. The zero-order valence-electron chi connectivity index (χ0n) is 18.4. The van der Waals surface area contributed by atoms with E-state index >= 15 is 0 Å². The molecule has 1 aromatic heterocycles. The summed E-state index contributed by atoms with van der Waals surface area (Å²) in [6.45, 7) is 6.45. The zero-order valence-corrected chi connectivity index (χ0v) is 18.4. The van der Waals surface area contributed by atoms with Crippen LogP contribution in [0, 0.1) is 19.8 Å². The Bertz CT molecular complexity index is 1130. The van der Waals surface area contributed by atoms with Gasteiger partial charge in [-0.15, -0.1) is 0 Å². The van der Waals surface area contributed by atoms with Crippen LogP contribution in [0.1, 0.15) is 37.3 Å². The molecule has 1 atom stereocenters. The molecule has 2 aromatic rings. The molecule has 0 spiro atoms. The van der Waals surface area contributed by atoms with Crippen LogP contribution in [-0.2, 0) is 16.1 Å². The molecule has 1 aliphatic rings. The maximum atomic E-state index is 13.2. The number of anilines is 3. The molecule has 1 aromatic carbocycles. The molecular weight excluding hydrogens is 398 g/mol. The van der Waals surface area contributed by atoms with Gasteiger partial charge in [-0.25, -0.2) is 4.79 Å². The molecule has 9 nitrogen and oxygen atoms in total. The van der Waals surface area contributed by atoms with Crippen molar-refractivity contribution < 1.29 is 9.59 Å². The van der Waals surface area contributed by atoms with Crippen molar-refractivity contribution in [2.75, 3.05) is 29.1 Å². The second kappa shape index (κ2) is 8.79. The number of aromatic amines is 1. The lowest BCUT2D eigenvalue weighted by Crippen LogP contribution is -2.42. The van der Waals surface area contributed by atoms with Gasteiger partial charge in [0, 0.05) is 32.2 Å². The number of hydrogen-bond acceptors (Lipinski definition) is 5. The molecule has 1 aliphatic heterocycles. The van der Waals surface area contributed by atoms with Crippen LogP contribution in [-0.4, -0.2) is 35.0 Å². The van der Waals surface area contributed by atoms with E-state index in [1.165, 1.54) is 16.5 Å². The molecular formula is C22H29N5O4. The van der Waals surface area contributed by atoms with Crippen LogP contribution in [0.4, 0.5) is 17.2 Å². The van der Waals surface area contributed by atoms with Gasteiger partial charge in [-0.05, 0) is 37.5 Å². The van der Waals surface area contributed by atoms with Crippen molar-refractivity contribution >= 4 is 29.0 Å². The van der Waals surface area contributed by atoms with Gasteiger partial charge in [-0.1, -0.05) is 25.5 Å². The minimum absolute atomic E-state index is 0.0455. The predicted octanol–water partition coefficient (Wildman–Crippen LogP) is 1.55. The number of nitrogens with one attached hydrogen (secondary N) is 1. The lowest BCUT2D eigenvalue weighted by molar-refractivity contribution is -0.124. The zero-order chi connectivity index (χ0) is 22.9. The predicted molar refractivity (Wildman–Crippen MR) is 120 cm³/mol. The standard InChI is InChI=1S/C22H29N5O4/c1-5-6-10-26-19(23)18(20(29)24-22(26)31)25(4)21(30)15-11-17(28)27(12-15)16-9-7-8-13(2)14(16)3/h7-9,15H,5-6,10-12,23H2,1-4H3,(H,24,29,31). The number of aryl methyl sites for hydroxylation is 1. The smallest absolute Gasteiger partial charge is 0.330 e. The van der Waals surface area contributed by atoms with Crippen molar-refractivity contribution in [1.82, 2.24) is 9.55 Å². The first-order valence-electron chi connectivity index (χ1n) is 10.4. The third kappa shape index (κ3) is 4.12. The van der Waals surface area contributed by atoms with E-state index in [0.717, 1.165) is 23.2 Å². The van der Waals surface area contributed by atoms with Crippen molar-refractivity contribution in [3.63, 3.8) is 0 Å². The van der Waals surface area contributed by atoms with Crippen LogP contribution in [0.25, 0.3) is 0 Å². The highest BCUT2D eigenvalue weighted by atomic mass is 16.2. The Morgan fingerprint density at radius 1 is 1.26 bits per heavy atom. The van der Waals surface area contributed by atoms with Gasteiger partial charge in [0.1, 0.15) is 5.82 Å². The summed E-state index contributed by atoms with van der Waals surface area (Å²) in [5.41, 5.74) is 7.56. The maximum Gasteiger partial charge on any atom is 0.330 e. The van der Waals surface area contributed by atoms with Crippen molar-refractivity contribution in [3.05, 3.63) is 50.2 Å². The Morgan fingerprint density at radius 2 is 1.97 bits per heavy atom. The number of hydrogen-bond donors (Lipinski definition) is 2. The monoisotopic (exact) mass is 427 g/mol. The summed E-state index contributed by atoms with van der Waals surface area (Å²) in [7, 11) is 1.45. The van der Waals surface area contributed by atoms with E-state index in [4.69, 9.17) is 5.73 Å². The Hall–Kier alpha value is -3.36. The molecule has 0 saturated carbocycles. The number of benzene rings is 1. The molecule has 9 heteroatoms. The number of nitrogens with two attached hydrogens (primary N) is 1. The largest absolute Gasteiger partial charge is 0.383 e. The van der Waals surface area contributed by atoms with Gasteiger partial charge < -0.3 is 15.5 Å². The Morgan fingerprint density at radius 3 is 2.65 bits per heavy atom. The SMILES string of the molecule is CCCCn1c(N)c(N(C)C(=O)C2CC(=O)N(c3cccc(C)c3C)C2)c(=O)[nH]c1=O. The van der Waals surface area contributed by atoms with Crippen LogP contribution in [0.3, 0.4) is 0 Å². The Balaban J connectivity index is 1.89. The van der Waals surface area contributed by atoms with Gasteiger partial charge in [-0.2, -0.15) is 0 Å². The fourth-order valence-corrected chi connectivity index (χ4v) is 3.96. The van der Waals surface area contributed by atoms with Gasteiger partial charge in [0.15, 0.2) is 5.69 Å². The highest BCUT2D eigenvalue weighted by Gasteiger charge is 2.38. The molecule has 0 aliphatic carbocycles. The van der Waals surface area contributed by atoms with Crippen molar-refractivity contribution in [2.45, 2.75) is 46.6 Å². The second-order valence-corrected chi connectivity index (χ2v) is 8.02. The average molecular weight is 428 g/mol. The van der Waals surface area contributed by atoms with Crippen molar-refractivity contribution in [1.29, 1.82) is 0 Å². The van der Waals surface area contributed by atoms with Crippen LogP contribution >= 0.6 is 0 Å². The number of rotatable bonds is 6. The van der Waals surface area contributed by atoms with E-state index < -0.39 is 17.2 Å². The first kappa shape index (κ1) is 22.3. The topological polar surface area (TPSA) is 121 Å². The van der Waals surface area contributed by atoms with E-state index in [-0.39, 0.29) is 36.3 Å². The summed E-state index contributed by atoms with van der Waals surface area (Å²) < 4.78 is 1.27. The van der Waals surface area contributed by atoms with Crippen molar-refractivity contribution in [2.24, 2.45) is 5.92 Å². The van der Waals surface area contributed by atoms with E-state index in [0.29, 0.717) is 13.0 Å². The van der Waals surface area contributed by atoms with Crippen molar-refractivity contribution in [3.8, 4) is 0 Å². The second-order valence-electron chi connectivity index (χ2n) is 8.02. The summed E-state index contributed by atoms with van der Waals surface area (Å²) in [6, 6.07) is 5.72. The third-order valence-electron chi connectivity index (χ3n) is 5.96. The number of amides is 2. The van der Waals surface area contributed by atoms with E-state index in [2.05, 4.69) is 4.98 Å². The first-order valence-corrected chi connectivity index (χ1v) is 10.4. The normalized spacial score (nSPS) is 16.1. The minimum Gasteiger partial charge on any atom is -0.383 e. The van der Waals surface area contributed by atoms with Crippen LogP contribution < -0.4 is 26.8 Å². The number of carbonyl (C=O) groups is 2. The summed E-state index contributed by atoms with van der Waals surface area (Å²) >= 11 is 0. The first-order chi connectivity index (χ1) is 14.7. The number of H-pyrrole nitrogens is 1. The molecule has 0 radical (unpaired) electrons. The van der Waals surface area contributed by atoms with Gasteiger partial charge in [-0.3, -0.25) is 23.9 Å². The Labute approximate surface area is 180 Å². The van der Waals surface area contributed by atoms with E-state index in [9.17, 15) is 19.2 Å². The number of nitrogens with zero attached hydrogens (tertiary/aromatic N) is 3. The molecule has 1 unspecified atom stereocenters.